The monoisotopic (exact) mass is 234 g/mol. The summed E-state index contributed by atoms with van der Waals surface area (Å²) in [6.07, 6.45) is 1.63. The Bertz CT molecular complexity index is 443. The summed E-state index contributed by atoms with van der Waals surface area (Å²) in [6, 6.07) is 4.09. The molecule has 2 N–H and O–H groups in total. The summed E-state index contributed by atoms with van der Waals surface area (Å²) >= 11 is 0. The molecular formula is C10H14N6O. The fraction of sp³-hybridized carbons (Fsp3) is 0.400. The van der Waals surface area contributed by atoms with Crippen LogP contribution in [0, 0.1) is 0 Å². The second kappa shape index (κ2) is 5.90. The van der Waals surface area contributed by atoms with Crippen LogP contribution in [-0.4, -0.2) is 26.9 Å². The number of anilines is 1. The van der Waals surface area contributed by atoms with E-state index in [1.807, 2.05) is 19.1 Å². The van der Waals surface area contributed by atoms with Crippen LogP contribution in [0.15, 0.2) is 22.7 Å². The van der Waals surface area contributed by atoms with Crippen molar-refractivity contribution >= 4 is 6.01 Å². The van der Waals surface area contributed by atoms with Gasteiger partial charge in [0.1, 0.15) is 0 Å². The zero-order chi connectivity index (χ0) is 11.9. The lowest BCUT2D eigenvalue weighted by Gasteiger charge is -1.98. The van der Waals surface area contributed by atoms with Gasteiger partial charge in [0, 0.05) is 6.20 Å². The van der Waals surface area contributed by atoms with Crippen LogP contribution in [0.25, 0.3) is 0 Å². The average Bonchev–Trinajstić information content (AvgIpc) is 2.83. The quantitative estimate of drug-likeness (QED) is 0.755. The lowest BCUT2D eigenvalue weighted by molar-refractivity contribution is 0.481. The molecule has 2 rings (SSSR count). The lowest BCUT2D eigenvalue weighted by atomic mass is 10.4. The Morgan fingerprint density at radius 2 is 2.18 bits per heavy atom. The first-order valence-corrected chi connectivity index (χ1v) is 5.42. The van der Waals surface area contributed by atoms with E-state index in [0.29, 0.717) is 25.0 Å². The Morgan fingerprint density at radius 1 is 1.24 bits per heavy atom. The summed E-state index contributed by atoms with van der Waals surface area (Å²) in [4.78, 5) is 0. The van der Waals surface area contributed by atoms with Gasteiger partial charge in [-0.15, -0.1) is 5.10 Å². The molecule has 2 aromatic rings. The fourth-order valence-corrected chi connectivity index (χ4v) is 1.22. The summed E-state index contributed by atoms with van der Waals surface area (Å²) < 4.78 is 5.36. The van der Waals surface area contributed by atoms with Gasteiger partial charge in [0.05, 0.1) is 18.8 Å². The fourth-order valence-electron chi connectivity index (χ4n) is 1.22. The van der Waals surface area contributed by atoms with Crippen molar-refractivity contribution in [3.63, 3.8) is 0 Å². The van der Waals surface area contributed by atoms with Crippen LogP contribution in [0.2, 0.25) is 0 Å². The van der Waals surface area contributed by atoms with Crippen LogP contribution >= 0.6 is 0 Å². The van der Waals surface area contributed by atoms with E-state index < -0.39 is 0 Å². The summed E-state index contributed by atoms with van der Waals surface area (Å²) in [5.41, 5.74) is 0.818. The largest absolute Gasteiger partial charge is 0.407 e. The van der Waals surface area contributed by atoms with Crippen LogP contribution in [0.4, 0.5) is 6.01 Å². The molecule has 0 bridgehead atoms. The zero-order valence-electron chi connectivity index (χ0n) is 9.55. The summed E-state index contributed by atoms with van der Waals surface area (Å²) in [7, 11) is 0. The number of hydrogen-bond donors (Lipinski definition) is 2. The van der Waals surface area contributed by atoms with Gasteiger partial charge >= 0.3 is 6.01 Å². The highest BCUT2D eigenvalue weighted by Gasteiger charge is 2.04. The van der Waals surface area contributed by atoms with Crippen molar-refractivity contribution in [3.8, 4) is 0 Å². The van der Waals surface area contributed by atoms with E-state index in [-0.39, 0.29) is 0 Å². The molecule has 0 spiro atoms. The van der Waals surface area contributed by atoms with Crippen LogP contribution in [-0.2, 0) is 13.1 Å². The number of nitrogens with zero attached hydrogens (tertiary/aromatic N) is 4. The van der Waals surface area contributed by atoms with Crippen molar-refractivity contribution < 1.29 is 4.42 Å². The minimum Gasteiger partial charge on any atom is -0.407 e. The molecule has 0 aliphatic carbocycles. The van der Waals surface area contributed by atoms with Gasteiger partial charge < -0.3 is 15.1 Å². The van der Waals surface area contributed by atoms with Crippen molar-refractivity contribution in [2.24, 2.45) is 0 Å². The molecule has 0 aromatic carbocycles. The van der Waals surface area contributed by atoms with Crippen molar-refractivity contribution in [1.29, 1.82) is 0 Å². The van der Waals surface area contributed by atoms with E-state index >= 15 is 0 Å². The minimum atomic E-state index is 0.392. The van der Waals surface area contributed by atoms with Crippen LogP contribution in [0.1, 0.15) is 18.5 Å². The molecule has 0 radical (unpaired) electrons. The van der Waals surface area contributed by atoms with E-state index in [0.717, 1.165) is 12.2 Å². The molecular weight excluding hydrogens is 220 g/mol. The van der Waals surface area contributed by atoms with Gasteiger partial charge in [-0.3, -0.25) is 0 Å². The predicted octanol–water partition coefficient (Wildman–Crippen LogP) is 0.581. The Hall–Kier alpha value is -2.02. The Labute approximate surface area is 98.7 Å². The molecule has 2 heterocycles. The molecule has 0 fully saturated rings. The first-order valence-electron chi connectivity index (χ1n) is 5.42. The molecule has 17 heavy (non-hydrogen) atoms. The molecule has 0 saturated carbocycles. The number of rotatable bonds is 6. The first kappa shape index (κ1) is 11.5. The topological polar surface area (TPSA) is 88.8 Å². The van der Waals surface area contributed by atoms with E-state index in [2.05, 4.69) is 31.0 Å². The van der Waals surface area contributed by atoms with Crippen molar-refractivity contribution in [2.45, 2.75) is 20.0 Å². The maximum absolute atomic E-state index is 5.36. The molecule has 0 amide bonds. The first-order chi connectivity index (χ1) is 8.38. The second-order valence-corrected chi connectivity index (χ2v) is 3.35. The van der Waals surface area contributed by atoms with Crippen molar-refractivity contribution in [3.05, 3.63) is 29.9 Å². The van der Waals surface area contributed by atoms with Gasteiger partial charge in [-0.1, -0.05) is 12.0 Å². The molecule has 0 atom stereocenters. The Kier molecular flexibility index (Phi) is 3.98. The normalized spacial score (nSPS) is 10.4. The number of nitrogens with one attached hydrogen (secondary N) is 2. The maximum atomic E-state index is 5.36. The van der Waals surface area contributed by atoms with Gasteiger partial charge in [0.25, 0.3) is 0 Å². The molecule has 2 aromatic heterocycles. The summed E-state index contributed by atoms with van der Waals surface area (Å²) in [6.45, 7) is 3.97. The molecule has 0 aliphatic heterocycles. The maximum Gasteiger partial charge on any atom is 0.315 e. The Morgan fingerprint density at radius 3 is 2.94 bits per heavy atom. The van der Waals surface area contributed by atoms with Crippen LogP contribution in [0.5, 0.6) is 0 Å². The number of aromatic nitrogens is 4. The summed E-state index contributed by atoms with van der Waals surface area (Å²) in [5.74, 6) is 0.563. The predicted molar refractivity (Wildman–Crippen MR) is 61.0 cm³/mol. The van der Waals surface area contributed by atoms with Crippen molar-refractivity contribution in [2.75, 3.05) is 11.9 Å². The molecule has 0 unspecified atom stereocenters. The lowest BCUT2D eigenvalue weighted by Crippen LogP contribution is -2.11. The average molecular weight is 234 g/mol. The van der Waals surface area contributed by atoms with Gasteiger partial charge in [0.15, 0.2) is 0 Å². The zero-order valence-corrected chi connectivity index (χ0v) is 9.55. The van der Waals surface area contributed by atoms with E-state index in [1.165, 1.54) is 0 Å². The molecule has 7 heteroatoms. The standard InChI is InChI=1S/C10H14N6O/c1-2-11-7-9-15-16-10(17-9)12-6-8-4-3-5-13-14-8/h3-5,11H,2,6-7H2,1H3,(H,12,16). The smallest absolute Gasteiger partial charge is 0.315 e. The summed E-state index contributed by atoms with van der Waals surface area (Å²) in [5, 5.41) is 21.6. The van der Waals surface area contributed by atoms with E-state index in [4.69, 9.17) is 4.42 Å². The highest BCUT2D eigenvalue weighted by molar-refractivity contribution is 5.19. The third-order valence-electron chi connectivity index (χ3n) is 2.04. The van der Waals surface area contributed by atoms with Crippen LogP contribution in [0.3, 0.4) is 0 Å². The van der Waals surface area contributed by atoms with Gasteiger partial charge in [-0.2, -0.15) is 10.2 Å². The van der Waals surface area contributed by atoms with Crippen LogP contribution < -0.4 is 10.6 Å². The third-order valence-corrected chi connectivity index (χ3v) is 2.04. The third kappa shape index (κ3) is 3.49. The second-order valence-electron chi connectivity index (χ2n) is 3.35. The Balaban J connectivity index is 1.85. The molecule has 0 saturated heterocycles. The van der Waals surface area contributed by atoms with Gasteiger partial charge in [-0.05, 0) is 18.7 Å². The van der Waals surface area contributed by atoms with Crippen molar-refractivity contribution in [1.82, 2.24) is 25.7 Å². The molecule has 7 nitrogen and oxygen atoms in total. The van der Waals surface area contributed by atoms with E-state index in [1.54, 1.807) is 6.20 Å². The highest BCUT2D eigenvalue weighted by atomic mass is 16.4. The SMILES string of the molecule is CCNCc1nnc(NCc2cccnn2)o1. The highest BCUT2D eigenvalue weighted by Crippen LogP contribution is 2.06. The van der Waals surface area contributed by atoms with E-state index in [9.17, 15) is 0 Å². The molecule has 0 aliphatic rings. The van der Waals surface area contributed by atoms with Gasteiger partial charge in [-0.25, -0.2) is 0 Å². The van der Waals surface area contributed by atoms with Gasteiger partial charge in [0.2, 0.25) is 5.89 Å². The number of hydrogen-bond acceptors (Lipinski definition) is 7. The molecule has 90 valence electrons. The minimum absolute atomic E-state index is 0.392.